The highest BCUT2D eigenvalue weighted by molar-refractivity contribution is 9.10. The van der Waals surface area contributed by atoms with Crippen LogP contribution < -0.4 is 5.32 Å². The van der Waals surface area contributed by atoms with Gasteiger partial charge in [-0.1, -0.05) is 5.21 Å². The fourth-order valence-corrected chi connectivity index (χ4v) is 1.80. The van der Waals surface area contributed by atoms with Crippen LogP contribution in [-0.2, 0) is 17.8 Å². The molecule has 0 bridgehead atoms. The highest BCUT2D eigenvalue weighted by Crippen LogP contribution is 2.10. The number of aliphatic hydroxyl groups is 1. The summed E-state index contributed by atoms with van der Waals surface area (Å²) in [6, 6.07) is 3.50. The van der Waals surface area contributed by atoms with Crippen molar-refractivity contribution in [3.8, 4) is 0 Å². The molecule has 0 spiro atoms. The summed E-state index contributed by atoms with van der Waals surface area (Å²) in [4.78, 5) is 15.9. The number of carbonyl (C=O) groups is 1. The van der Waals surface area contributed by atoms with E-state index in [0.717, 1.165) is 10.2 Å². The zero-order chi connectivity index (χ0) is 14.4. The molecule has 0 saturated heterocycles. The van der Waals surface area contributed by atoms with E-state index in [4.69, 9.17) is 5.11 Å². The molecule has 2 N–H and O–H groups in total. The maximum Gasteiger partial charge on any atom is 0.247 e. The molecule has 2 aromatic heterocycles. The summed E-state index contributed by atoms with van der Waals surface area (Å²) in [6.07, 6.45) is 4.59. The largest absolute Gasteiger partial charge is 0.396 e. The first kappa shape index (κ1) is 14.6. The van der Waals surface area contributed by atoms with E-state index in [1.165, 1.54) is 4.68 Å². The van der Waals surface area contributed by atoms with Crippen molar-refractivity contribution in [1.29, 1.82) is 0 Å². The van der Waals surface area contributed by atoms with Gasteiger partial charge in [-0.05, 0) is 40.9 Å². The Morgan fingerprint density at radius 1 is 1.45 bits per heavy atom. The number of halogens is 1. The molecule has 106 valence electrons. The molecule has 2 aromatic rings. The normalized spacial score (nSPS) is 10.5. The van der Waals surface area contributed by atoms with Crippen molar-refractivity contribution in [2.24, 2.45) is 0 Å². The van der Waals surface area contributed by atoms with Crippen molar-refractivity contribution in [2.45, 2.75) is 19.4 Å². The molecular weight excluding hydrogens is 326 g/mol. The van der Waals surface area contributed by atoms with Crippen LogP contribution in [0.5, 0.6) is 0 Å². The Hall–Kier alpha value is -1.80. The van der Waals surface area contributed by atoms with Crippen molar-refractivity contribution in [3.05, 3.63) is 34.7 Å². The van der Waals surface area contributed by atoms with Gasteiger partial charge < -0.3 is 10.4 Å². The van der Waals surface area contributed by atoms with Crippen LogP contribution in [0, 0.1) is 0 Å². The van der Waals surface area contributed by atoms with E-state index in [9.17, 15) is 4.79 Å². The van der Waals surface area contributed by atoms with Crippen LogP contribution >= 0.6 is 15.9 Å². The molecule has 0 radical (unpaired) electrons. The summed E-state index contributed by atoms with van der Waals surface area (Å²) >= 11 is 3.27. The molecule has 0 fully saturated rings. The van der Waals surface area contributed by atoms with Gasteiger partial charge in [-0.15, -0.1) is 5.10 Å². The molecule has 2 rings (SSSR count). The quantitative estimate of drug-likeness (QED) is 0.818. The smallest absolute Gasteiger partial charge is 0.247 e. The molecule has 1 amide bonds. The highest BCUT2D eigenvalue weighted by Gasteiger charge is 2.07. The van der Waals surface area contributed by atoms with Crippen molar-refractivity contribution in [1.82, 2.24) is 20.0 Å². The minimum absolute atomic E-state index is 0.0733. The number of hydrogen-bond acceptors (Lipinski definition) is 5. The number of aromatic nitrogens is 4. The van der Waals surface area contributed by atoms with Crippen LogP contribution in [0.1, 0.15) is 12.1 Å². The van der Waals surface area contributed by atoms with Gasteiger partial charge in [-0.25, -0.2) is 9.67 Å². The molecule has 0 aliphatic rings. The standard InChI is InChI=1S/C12H14BrN5O2/c13-9-3-4-11(14-6-9)15-12(20)8-18-7-10(16-17-18)2-1-5-19/h3-4,6-7,19H,1-2,5,8H2,(H,14,15,20). The van der Waals surface area contributed by atoms with E-state index in [2.05, 4.69) is 36.5 Å². The molecule has 0 aliphatic carbocycles. The minimum atomic E-state index is -0.224. The average molecular weight is 340 g/mol. The fraction of sp³-hybridized carbons (Fsp3) is 0.333. The van der Waals surface area contributed by atoms with E-state index in [1.807, 2.05) is 0 Å². The number of aryl methyl sites for hydroxylation is 1. The lowest BCUT2D eigenvalue weighted by atomic mass is 10.3. The van der Waals surface area contributed by atoms with E-state index >= 15 is 0 Å². The van der Waals surface area contributed by atoms with Gasteiger partial charge >= 0.3 is 0 Å². The number of aliphatic hydroxyl groups excluding tert-OH is 1. The molecule has 0 unspecified atom stereocenters. The molecule has 20 heavy (non-hydrogen) atoms. The van der Waals surface area contributed by atoms with Gasteiger partial charge in [0.2, 0.25) is 5.91 Å². The summed E-state index contributed by atoms with van der Waals surface area (Å²) in [5.41, 5.74) is 0.758. The maximum atomic E-state index is 11.8. The van der Waals surface area contributed by atoms with Gasteiger partial charge in [0.25, 0.3) is 0 Å². The Morgan fingerprint density at radius 3 is 3.00 bits per heavy atom. The Bertz CT molecular complexity index is 569. The molecule has 0 saturated carbocycles. The number of hydrogen-bond donors (Lipinski definition) is 2. The SMILES string of the molecule is O=C(Cn1cc(CCCO)nn1)Nc1ccc(Br)cn1. The molecule has 8 heteroatoms. The van der Waals surface area contributed by atoms with E-state index < -0.39 is 0 Å². The number of amides is 1. The van der Waals surface area contributed by atoms with Crippen molar-refractivity contribution in [3.63, 3.8) is 0 Å². The zero-order valence-corrected chi connectivity index (χ0v) is 12.2. The van der Waals surface area contributed by atoms with Crippen LogP contribution in [0.4, 0.5) is 5.82 Å². The summed E-state index contributed by atoms with van der Waals surface area (Å²) in [5.74, 6) is 0.261. The van der Waals surface area contributed by atoms with Gasteiger partial charge in [0.1, 0.15) is 12.4 Å². The summed E-state index contributed by atoms with van der Waals surface area (Å²) in [7, 11) is 0. The lowest BCUT2D eigenvalue weighted by molar-refractivity contribution is -0.116. The third-order valence-corrected chi connectivity index (χ3v) is 2.95. The van der Waals surface area contributed by atoms with Gasteiger partial charge in [-0.3, -0.25) is 4.79 Å². The van der Waals surface area contributed by atoms with Crippen LogP contribution in [0.25, 0.3) is 0 Å². The van der Waals surface area contributed by atoms with E-state index in [0.29, 0.717) is 18.7 Å². The maximum absolute atomic E-state index is 11.8. The summed E-state index contributed by atoms with van der Waals surface area (Å²) in [6.45, 7) is 0.187. The third kappa shape index (κ3) is 4.39. The van der Waals surface area contributed by atoms with Crippen molar-refractivity contribution < 1.29 is 9.90 Å². The Balaban J connectivity index is 1.87. The Labute approximate surface area is 124 Å². The lowest BCUT2D eigenvalue weighted by Gasteiger charge is -2.03. The first-order valence-corrected chi connectivity index (χ1v) is 6.88. The Morgan fingerprint density at radius 2 is 2.30 bits per heavy atom. The fourth-order valence-electron chi connectivity index (χ4n) is 1.57. The first-order valence-electron chi connectivity index (χ1n) is 6.08. The van der Waals surface area contributed by atoms with Crippen molar-refractivity contribution >= 4 is 27.7 Å². The molecule has 2 heterocycles. The number of pyridine rings is 1. The first-order chi connectivity index (χ1) is 9.67. The monoisotopic (exact) mass is 339 g/mol. The van der Waals surface area contributed by atoms with Gasteiger partial charge in [0.05, 0.1) is 5.69 Å². The number of nitrogens with zero attached hydrogens (tertiary/aromatic N) is 4. The summed E-state index contributed by atoms with van der Waals surface area (Å²) < 4.78 is 2.31. The van der Waals surface area contributed by atoms with Crippen LogP contribution in [0.15, 0.2) is 29.0 Å². The third-order valence-electron chi connectivity index (χ3n) is 2.48. The van der Waals surface area contributed by atoms with Gasteiger partial charge in [0.15, 0.2) is 0 Å². The number of rotatable bonds is 6. The second-order valence-corrected chi connectivity index (χ2v) is 5.06. The average Bonchev–Trinajstić information content (AvgIpc) is 2.86. The molecule has 0 atom stereocenters. The van der Waals surface area contributed by atoms with Gasteiger partial charge in [-0.2, -0.15) is 0 Å². The number of anilines is 1. The number of carbonyl (C=O) groups excluding carboxylic acids is 1. The lowest BCUT2D eigenvalue weighted by Crippen LogP contribution is -2.19. The Kier molecular flexibility index (Phi) is 5.19. The second kappa shape index (κ2) is 7.11. The zero-order valence-electron chi connectivity index (χ0n) is 10.7. The van der Waals surface area contributed by atoms with Crippen LogP contribution in [-0.4, -0.2) is 37.6 Å². The summed E-state index contributed by atoms with van der Waals surface area (Å²) in [5, 5.41) is 19.2. The molecule has 7 nitrogen and oxygen atoms in total. The topological polar surface area (TPSA) is 92.9 Å². The van der Waals surface area contributed by atoms with Crippen LogP contribution in [0.2, 0.25) is 0 Å². The van der Waals surface area contributed by atoms with Crippen LogP contribution in [0.3, 0.4) is 0 Å². The molecule has 0 aromatic carbocycles. The molecule has 0 aliphatic heterocycles. The molecular formula is C12H14BrN5O2. The second-order valence-electron chi connectivity index (χ2n) is 4.14. The predicted molar refractivity (Wildman–Crippen MR) is 76.0 cm³/mol. The van der Waals surface area contributed by atoms with Crippen molar-refractivity contribution in [2.75, 3.05) is 11.9 Å². The minimum Gasteiger partial charge on any atom is -0.396 e. The van der Waals surface area contributed by atoms with E-state index in [-0.39, 0.29) is 19.1 Å². The van der Waals surface area contributed by atoms with E-state index in [1.54, 1.807) is 24.5 Å². The predicted octanol–water partition coefficient (Wildman–Crippen LogP) is 0.999. The van der Waals surface area contributed by atoms with Gasteiger partial charge in [0, 0.05) is 23.5 Å². The number of nitrogens with one attached hydrogen (secondary N) is 1. The highest BCUT2D eigenvalue weighted by atomic mass is 79.9.